The Morgan fingerprint density at radius 3 is 2.61 bits per heavy atom. The molecule has 1 aliphatic rings. The van der Waals surface area contributed by atoms with Crippen molar-refractivity contribution in [2.45, 2.75) is 51.6 Å². The van der Waals surface area contributed by atoms with E-state index < -0.39 is 0 Å². The smallest absolute Gasteiger partial charge is 0.0462 e. The van der Waals surface area contributed by atoms with Gasteiger partial charge in [-0.15, -0.1) is 0 Å². The zero-order valence-corrected chi connectivity index (χ0v) is 13.3. The van der Waals surface area contributed by atoms with E-state index in [4.69, 9.17) is 11.6 Å². The van der Waals surface area contributed by atoms with E-state index in [0.29, 0.717) is 0 Å². The first-order chi connectivity index (χ1) is 8.70. The van der Waals surface area contributed by atoms with Crippen LogP contribution in [-0.4, -0.2) is 17.5 Å². The summed E-state index contributed by atoms with van der Waals surface area (Å²) in [7, 11) is 0. The highest BCUT2D eigenvalue weighted by Crippen LogP contribution is 2.27. The predicted molar refractivity (Wildman–Crippen MR) is 82.1 cm³/mol. The van der Waals surface area contributed by atoms with Crippen LogP contribution in [0.1, 0.15) is 44.6 Å². The molecule has 1 aliphatic carbocycles. The lowest BCUT2D eigenvalue weighted by atomic mass is 9.94. The first kappa shape index (κ1) is 14.4. The Kier molecular flexibility index (Phi) is 5.53. The molecular weight excluding hydrogens is 310 g/mol. The number of hydrogen-bond acceptors (Lipinski definition) is 1. The van der Waals surface area contributed by atoms with Crippen LogP contribution in [-0.2, 0) is 6.54 Å². The molecule has 100 valence electrons. The monoisotopic (exact) mass is 329 g/mol. The van der Waals surface area contributed by atoms with Crippen LogP contribution in [0.4, 0.5) is 0 Å². The van der Waals surface area contributed by atoms with Crippen LogP contribution in [0.3, 0.4) is 0 Å². The lowest BCUT2D eigenvalue weighted by Gasteiger charge is -2.33. The van der Waals surface area contributed by atoms with Gasteiger partial charge < -0.3 is 0 Å². The highest BCUT2D eigenvalue weighted by Gasteiger charge is 2.20. The predicted octanol–water partition coefficient (Wildman–Crippen LogP) is 5.26. The minimum absolute atomic E-state index is 0.753. The van der Waals surface area contributed by atoms with Gasteiger partial charge in [-0.2, -0.15) is 0 Å². The average molecular weight is 331 g/mol. The molecule has 1 nitrogen and oxygen atoms in total. The summed E-state index contributed by atoms with van der Waals surface area (Å²) in [5.74, 6) is 0. The summed E-state index contributed by atoms with van der Waals surface area (Å²) in [5, 5.41) is 0.874. The molecule has 0 amide bonds. The standard InChI is InChI=1S/C15H21BrClN/c1-2-18(14-6-4-3-5-7-14)11-12-8-9-13(16)10-15(12)17/h8-10,14H,2-7,11H2,1H3. The fourth-order valence-corrected chi connectivity index (χ4v) is 3.55. The third-order valence-electron chi connectivity index (χ3n) is 3.89. The summed E-state index contributed by atoms with van der Waals surface area (Å²) in [5.41, 5.74) is 1.24. The second-order valence-electron chi connectivity index (χ2n) is 5.09. The van der Waals surface area contributed by atoms with Crippen LogP contribution in [0.2, 0.25) is 5.02 Å². The first-order valence-corrected chi connectivity index (χ1v) is 8.05. The van der Waals surface area contributed by atoms with Gasteiger partial charge in [-0.1, -0.05) is 59.8 Å². The van der Waals surface area contributed by atoms with Crippen molar-refractivity contribution in [1.29, 1.82) is 0 Å². The van der Waals surface area contributed by atoms with E-state index in [-0.39, 0.29) is 0 Å². The van der Waals surface area contributed by atoms with Crippen molar-refractivity contribution >= 4 is 27.5 Å². The minimum Gasteiger partial charge on any atom is -0.296 e. The fourth-order valence-electron chi connectivity index (χ4n) is 2.81. The molecule has 0 N–H and O–H groups in total. The van der Waals surface area contributed by atoms with E-state index >= 15 is 0 Å². The second kappa shape index (κ2) is 6.93. The van der Waals surface area contributed by atoms with Gasteiger partial charge in [-0.25, -0.2) is 0 Å². The normalized spacial score (nSPS) is 17.3. The maximum Gasteiger partial charge on any atom is 0.0462 e. The van der Waals surface area contributed by atoms with Gasteiger partial charge in [-0.3, -0.25) is 4.90 Å². The zero-order chi connectivity index (χ0) is 13.0. The van der Waals surface area contributed by atoms with Crippen LogP contribution in [0.5, 0.6) is 0 Å². The van der Waals surface area contributed by atoms with Crippen molar-refractivity contribution < 1.29 is 0 Å². The molecule has 0 heterocycles. The quantitative estimate of drug-likeness (QED) is 0.728. The van der Waals surface area contributed by atoms with Crippen molar-refractivity contribution in [3.05, 3.63) is 33.3 Å². The molecule has 0 atom stereocenters. The van der Waals surface area contributed by atoms with Gasteiger partial charge in [0.15, 0.2) is 0 Å². The molecule has 0 aliphatic heterocycles. The summed E-state index contributed by atoms with van der Waals surface area (Å²) in [6.45, 7) is 4.34. The molecule has 0 unspecified atom stereocenters. The molecule has 1 saturated carbocycles. The van der Waals surface area contributed by atoms with Crippen molar-refractivity contribution in [2.75, 3.05) is 6.54 Å². The minimum atomic E-state index is 0.753. The summed E-state index contributed by atoms with van der Waals surface area (Å²) in [6.07, 6.45) is 6.88. The molecule has 0 saturated heterocycles. The topological polar surface area (TPSA) is 3.24 Å². The van der Waals surface area contributed by atoms with E-state index in [9.17, 15) is 0 Å². The Hall–Kier alpha value is -0.0500. The van der Waals surface area contributed by atoms with Crippen LogP contribution < -0.4 is 0 Å². The Morgan fingerprint density at radius 1 is 1.28 bits per heavy atom. The van der Waals surface area contributed by atoms with Crippen LogP contribution >= 0.6 is 27.5 Å². The van der Waals surface area contributed by atoms with Gasteiger partial charge in [0, 0.05) is 22.1 Å². The summed E-state index contributed by atoms with van der Waals surface area (Å²) in [6, 6.07) is 6.96. The Bertz CT molecular complexity index is 388. The Balaban J connectivity index is 2.04. The molecule has 1 aromatic rings. The average Bonchev–Trinajstić information content (AvgIpc) is 2.39. The molecule has 1 aromatic carbocycles. The van der Waals surface area contributed by atoms with Gasteiger partial charge in [0.2, 0.25) is 0 Å². The van der Waals surface area contributed by atoms with Crippen LogP contribution in [0.25, 0.3) is 0 Å². The first-order valence-electron chi connectivity index (χ1n) is 6.88. The Morgan fingerprint density at radius 2 is 2.00 bits per heavy atom. The number of hydrogen-bond donors (Lipinski definition) is 0. The summed E-state index contributed by atoms with van der Waals surface area (Å²) in [4.78, 5) is 2.58. The van der Waals surface area contributed by atoms with Crippen molar-refractivity contribution in [3.8, 4) is 0 Å². The lowest BCUT2D eigenvalue weighted by Crippen LogP contribution is -2.36. The van der Waals surface area contributed by atoms with Crippen LogP contribution in [0, 0.1) is 0 Å². The van der Waals surface area contributed by atoms with E-state index in [1.807, 2.05) is 6.07 Å². The maximum atomic E-state index is 6.31. The number of halogens is 2. The molecular formula is C15H21BrClN. The Labute approximate surface area is 124 Å². The van der Waals surface area contributed by atoms with Crippen molar-refractivity contribution in [1.82, 2.24) is 4.90 Å². The van der Waals surface area contributed by atoms with E-state index in [1.54, 1.807) is 0 Å². The maximum absolute atomic E-state index is 6.31. The highest BCUT2D eigenvalue weighted by atomic mass is 79.9. The highest BCUT2D eigenvalue weighted by molar-refractivity contribution is 9.10. The number of nitrogens with zero attached hydrogens (tertiary/aromatic N) is 1. The second-order valence-corrected chi connectivity index (χ2v) is 6.41. The summed E-state index contributed by atoms with van der Waals surface area (Å²) >= 11 is 9.77. The molecule has 0 radical (unpaired) electrons. The molecule has 0 spiro atoms. The van der Waals surface area contributed by atoms with E-state index in [0.717, 1.165) is 28.6 Å². The zero-order valence-electron chi connectivity index (χ0n) is 11.0. The molecule has 1 fully saturated rings. The SMILES string of the molecule is CCN(Cc1ccc(Br)cc1Cl)C1CCCCC1. The molecule has 3 heteroatoms. The van der Waals surface area contributed by atoms with E-state index in [1.165, 1.54) is 37.7 Å². The number of rotatable bonds is 4. The van der Waals surface area contributed by atoms with Crippen molar-refractivity contribution in [2.24, 2.45) is 0 Å². The summed E-state index contributed by atoms with van der Waals surface area (Å²) < 4.78 is 1.05. The van der Waals surface area contributed by atoms with Gasteiger partial charge >= 0.3 is 0 Å². The van der Waals surface area contributed by atoms with Gasteiger partial charge in [0.1, 0.15) is 0 Å². The molecule has 0 aromatic heterocycles. The fraction of sp³-hybridized carbons (Fsp3) is 0.600. The lowest BCUT2D eigenvalue weighted by molar-refractivity contribution is 0.156. The van der Waals surface area contributed by atoms with E-state index in [2.05, 4.69) is 39.9 Å². The molecule has 2 rings (SSSR count). The number of benzene rings is 1. The largest absolute Gasteiger partial charge is 0.296 e. The van der Waals surface area contributed by atoms with Crippen molar-refractivity contribution in [3.63, 3.8) is 0 Å². The van der Waals surface area contributed by atoms with Gasteiger partial charge in [-0.05, 0) is 37.1 Å². The third-order valence-corrected chi connectivity index (χ3v) is 4.73. The van der Waals surface area contributed by atoms with Gasteiger partial charge in [0.05, 0.1) is 0 Å². The van der Waals surface area contributed by atoms with Crippen LogP contribution in [0.15, 0.2) is 22.7 Å². The molecule has 0 bridgehead atoms. The third kappa shape index (κ3) is 3.72. The van der Waals surface area contributed by atoms with Gasteiger partial charge in [0.25, 0.3) is 0 Å². The molecule has 18 heavy (non-hydrogen) atoms.